The third-order valence-electron chi connectivity index (χ3n) is 3.59. The number of benzene rings is 2. The topological polar surface area (TPSA) is 72.8 Å². The number of ether oxygens (including phenoxy) is 1. The van der Waals surface area contributed by atoms with Gasteiger partial charge in [0.05, 0.1) is 6.54 Å². The quantitative estimate of drug-likeness (QED) is 0.329. The van der Waals surface area contributed by atoms with Crippen LogP contribution in [0.3, 0.4) is 0 Å². The lowest BCUT2D eigenvalue weighted by molar-refractivity contribution is 0.300. The molecule has 3 aromatic rings. The van der Waals surface area contributed by atoms with Crippen LogP contribution in [-0.2, 0) is 6.54 Å². The van der Waals surface area contributed by atoms with Gasteiger partial charge in [0.1, 0.15) is 18.2 Å². The molecule has 118 valence electrons. The van der Waals surface area contributed by atoms with E-state index in [1.165, 1.54) is 12.1 Å². The number of hydrogen-bond acceptors (Lipinski definition) is 3. The van der Waals surface area contributed by atoms with Crippen molar-refractivity contribution >= 4 is 16.7 Å². The largest absolute Gasteiger partial charge is 0.492 e. The summed E-state index contributed by atoms with van der Waals surface area (Å²) in [4.78, 5) is 0. The molecule has 1 heterocycles. The molecule has 1 aromatic heterocycles. The number of halogens is 1. The summed E-state index contributed by atoms with van der Waals surface area (Å²) in [5, 5.41) is 12.9. The van der Waals surface area contributed by atoms with Crippen LogP contribution in [-0.4, -0.2) is 22.2 Å². The molecule has 0 radical (unpaired) electrons. The van der Waals surface area contributed by atoms with Crippen LogP contribution in [0.2, 0.25) is 0 Å². The van der Waals surface area contributed by atoms with Gasteiger partial charge in [-0.2, -0.15) is 0 Å². The van der Waals surface area contributed by atoms with E-state index in [9.17, 15) is 4.39 Å². The van der Waals surface area contributed by atoms with E-state index in [2.05, 4.69) is 5.16 Å². The first-order valence-corrected chi connectivity index (χ1v) is 7.13. The average molecular weight is 313 g/mol. The molecule has 23 heavy (non-hydrogen) atoms. The van der Waals surface area contributed by atoms with Gasteiger partial charge >= 0.3 is 0 Å². The molecule has 3 rings (SSSR count). The SMILES string of the molecule is N/C(=N\O)c1cn(CCOc2ccc(F)cc2)c2ccccc12. The lowest BCUT2D eigenvalue weighted by Crippen LogP contribution is -2.12. The molecule has 0 spiro atoms. The Kier molecular flexibility index (Phi) is 4.14. The first-order chi connectivity index (χ1) is 11.2. The number of nitrogens with two attached hydrogens (primary N) is 1. The van der Waals surface area contributed by atoms with Crippen LogP contribution in [0.25, 0.3) is 10.9 Å². The summed E-state index contributed by atoms with van der Waals surface area (Å²) in [5.74, 6) is 0.385. The molecule has 0 aliphatic carbocycles. The van der Waals surface area contributed by atoms with Crippen molar-refractivity contribution in [3.05, 3.63) is 66.1 Å². The average Bonchev–Trinajstić information content (AvgIpc) is 2.95. The maximum absolute atomic E-state index is 12.9. The van der Waals surface area contributed by atoms with Crippen molar-refractivity contribution in [1.82, 2.24) is 4.57 Å². The molecule has 5 nitrogen and oxygen atoms in total. The number of oxime groups is 1. The van der Waals surface area contributed by atoms with Crippen LogP contribution in [0.5, 0.6) is 5.75 Å². The molecular formula is C17H16FN3O2. The van der Waals surface area contributed by atoms with Gasteiger partial charge in [-0.25, -0.2) is 4.39 Å². The highest BCUT2D eigenvalue weighted by Crippen LogP contribution is 2.21. The molecule has 0 bridgehead atoms. The number of fused-ring (bicyclic) bond motifs is 1. The maximum atomic E-state index is 12.9. The van der Waals surface area contributed by atoms with Crippen molar-refractivity contribution in [3.8, 4) is 5.75 Å². The molecule has 0 fully saturated rings. The number of nitrogens with zero attached hydrogens (tertiary/aromatic N) is 2. The smallest absolute Gasteiger partial charge is 0.172 e. The first kappa shape index (κ1) is 14.9. The van der Waals surface area contributed by atoms with E-state index in [0.717, 1.165) is 10.9 Å². The zero-order chi connectivity index (χ0) is 16.2. The van der Waals surface area contributed by atoms with Crippen molar-refractivity contribution < 1.29 is 14.3 Å². The van der Waals surface area contributed by atoms with Crippen molar-refractivity contribution in [2.75, 3.05) is 6.61 Å². The molecule has 0 saturated heterocycles. The van der Waals surface area contributed by atoms with Crippen LogP contribution in [0.1, 0.15) is 5.56 Å². The van der Waals surface area contributed by atoms with E-state index in [1.807, 2.05) is 35.0 Å². The van der Waals surface area contributed by atoms with Gasteiger partial charge in [0, 0.05) is 22.7 Å². The van der Waals surface area contributed by atoms with Gasteiger partial charge in [-0.1, -0.05) is 23.4 Å². The number of rotatable bonds is 5. The Labute approximate surface area is 132 Å². The summed E-state index contributed by atoms with van der Waals surface area (Å²) in [6.07, 6.45) is 1.83. The Morgan fingerprint density at radius 1 is 1.17 bits per heavy atom. The minimum Gasteiger partial charge on any atom is -0.492 e. The van der Waals surface area contributed by atoms with Crippen LogP contribution in [0.15, 0.2) is 59.9 Å². The molecular weight excluding hydrogens is 297 g/mol. The Morgan fingerprint density at radius 3 is 2.65 bits per heavy atom. The van der Waals surface area contributed by atoms with Crippen molar-refractivity contribution in [2.45, 2.75) is 6.54 Å². The fourth-order valence-electron chi connectivity index (χ4n) is 2.48. The molecule has 0 unspecified atom stereocenters. The predicted octanol–water partition coefficient (Wildman–Crippen LogP) is 2.95. The third-order valence-corrected chi connectivity index (χ3v) is 3.59. The van der Waals surface area contributed by atoms with Crippen molar-refractivity contribution in [1.29, 1.82) is 0 Å². The van der Waals surface area contributed by atoms with Crippen molar-refractivity contribution in [2.24, 2.45) is 10.9 Å². The number of aromatic nitrogens is 1. The lowest BCUT2D eigenvalue weighted by Gasteiger charge is -2.08. The van der Waals surface area contributed by atoms with Crippen molar-refractivity contribution in [3.63, 3.8) is 0 Å². The Balaban J connectivity index is 1.79. The van der Waals surface area contributed by atoms with Crippen LogP contribution in [0, 0.1) is 5.82 Å². The minimum absolute atomic E-state index is 0.0689. The summed E-state index contributed by atoms with van der Waals surface area (Å²) in [6.45, 7) is 0.997. The minimum atomic E-state index is -0.294. The zero-order valence-electron chi connectivity index (χ0n) is 12.3. The lowest BCUT2D eigenvalue weighted by atomic mass is 10.1. The fourth-order valence-corrected chi connectivity index (χ4v) is 2.48. The van der Waals surface area contributed by atoms with E-state index in [-0.39, 0.29) is 11.7 Å². The van der Waals surface area contributed by atoms with E-state index in [4.69, 9.17) is 15.7 Å². The number of hydrogen-bond donors (Lipinski definition) is 2. The molecule has 2 aromatic carbocycles. The molecule has 0 aliphatic heterocycles. The van der Waals surface area contributed by atoms with E-state index >= 15 is 0 Å². The van der Waals surface area contributed by atoms with Gasteiger partial charge in [-0.05, 0) is 30.3 Å². The molecule has 0 amide bonds. The number of para-hydroxylation sites is 1. The molecule has 0 saturated carbocycles. The Hall–Kier alpha value is -3.02. The second kappa shape index (κ2) is 6.39. The number of amidine groups is 1. The van der Waals surface area contributed by atoms with Crippen LogP contribution < -0.4 is 10.5 Å². The summed E-state index contributed by atoms with van der Waals surface area (Å²) in [6, 6.07) is 13.6. The second-order valence-electron chi connectivity index (χ2n) is 5.04. The van der Waals surface area contributed by atoms with E-state index < -0.39 is 0 Å². The molecule has 3 N–H and O–H groups in total. The third kappa shape index (κ3) is 3.11. The maximum Gasteiger partial charge on any atom is 0.172 e. The molecule has 6 heteroatoms. The van der Waals surface area contributed by atoms with Gasteiger partial charge in [0.2, 0.25) is 0 Å². The normalized spacial score (nSPS) is 11.8. The Bertz CT molecular complexity index is 841. The highest BCUT2D eigenvalue weighted by molar-refractivity contribution is 6.08. The summed E-state index contributed by atoms with van der Waals surface area (Å²) in [7, 11) is 0. The highest BCUT2D eigenvalue weighted by Gasteiger charge is 2.11. The fraction of sp³-hybridized carbons (Fsp3) is 0.118. The van der Waals surface area contributed by atoms with Gasteiger partial charge in [-0.3, -0.25) is 0 Å². The first-order valence-electron chi connectivity index (χ1n) is 7.13. The van der Waals surface area contributed by atoms with Gasteiger partial charge in [0.25, 0.3) is 0 Å². The van der Waals surface area contributed by atoms with Crippen LogP contribution >= 0.6 is 0 Å². The molecule has 0 atom stereocenters. The monoisotopic (exact) mass is 313 g/mol. The molecule has 0 aliphatic rings. The Morgan fingerprint density at radius 2 is 1.91 bits per heavy atom. The van der Waals surface area contributed by atoms with Gasteiger partial charge < -0.3 is 20.2 Å². The van der Waals surface area contributed by atoms with Gasteiger partial charge in [0.15, 0.2) is 5.84 Å². The summed E-state index contributed by atoms with van der Waals surface area (Å²) < 4.78 is 20.4. The van der Waals surface area contributed by atoms with Crippen LogP contribution in [0.4, 0.5) is 4.39 Å². The standard InChI is InChI=1S/C17H16FN3O2/c18-12-5-7-13(8-6-12)23-10-9-21-11-15(17(19)20-22)14-3-1-2-4-16(14)21/h1-8,11,22H,9-10H2,(H2,19,20). The predicted molar refractivity (Wildman–Crippen MR) is 86.3 cm³/mol. The van der Waals surface area contributed by atoms with Gasteiger partial charge in [-0.15, -0.1) is 0 Å². The van der Waals surface area contributed by atoms with E-state index in [0.29, 0.717) is 24.5 Å². The second-order valence-corrected chi connectivity index (χ2v) is 5.04. The summed E-state index contributed by atoms with van der Waals surface area (Å²) in [5.41, 5.74) is 7.37. The summed E-state index contributed by atoms with van der Waals surface area (Å²) >= 11 is 0. The van der Waals surface area contributed by atoms with E-state index in [1.54, 1.807) is 12.1 Å². The zero-order valence-corrected chi connectivity index (χ0v) is 12.3. The highest BCUT2D eigenvalue weighted by atomic mass is 19.1.